The van der Waals surface area contributed by atoms with Crippen LogP contribution in [-0.2, 0) is 17.1 Å². The lowest BCUT2D eigenvalue weighted by atomic mass is 10.4. The third-order valence-corrected chi connectivity index (χ3v) is 4.80. The van der Waals surface area contributed by atoms with E-state index in [1.54, 1.807) is 19.3 Å². The van der Waals surface area contributed by atoms with Crippen LogP contribution in [0.4, 0.5) is 5.69 Å². The van der Waals surface area contributed by atoms with Gasteiger partial charge >= 0.3 is 0 Å². The summed E-state index contributed by atoms with van der Waals surface area (Å²) in [5.41, 5.74) is 0.276. The Morgan fingerprint density at radius 2 is 2.12 bits per heavy atom. The van der Waals surface area contributed by atoms with Gasteiger partial charge in [-0.1, -0.05) is 0 Å². The summed E-state index contributed by atoms with van der Waals surface area (Å²) in [6, 6.07) is 1.61. The Hall–Kier alpha value is -1.65. The summed E-state index contributed by atoms with van der Waals surface area (Å²) in [6.45, 7) is 1.31. The molecule has 0 unspecified atom stereocenters. The van der Waals surface area contributed by atoms with Gasteiger partial charge in [0.2, 0.25) is 5.88 Å². The second-order valence-corrected chi connectivity index (χ2v) is 8.06. The fourth-order valence-electron chi connectivity index (χ4n) is 1.91. The van der Waals surface area contributed by atoms with E-state index in [1.807, 2.05) is 19.0 Å². The number of hydrogen-bond donors (Lipinski definition) is 1. The minimum Gasteiger partial charge on any atom is -0.476 e. The molecule has 0 radical (unpaired) electrons. The Morgan fingerprint density at radius 3 is 2.75 bits per heavy atom. The van der Waals surface area contributed by atoms with Crippen LogP contribution in [0.5, 0.6) is 5.88 Å². The first-order valence-corrected chi connectivity index (χ1v) is 9.50. The van der Waals surface area contributed by atoms with Crippen LogP contribution in [0, 0.1) is 0 Å². The fourth-order valence-corrected chi connectivity index (χ4v) is 3.27. The van der Waals surface area contributed by atoms with Crippen molar-refractivity contribution < 1.29 is 13.2 Å². The molecule has 0 aliphatic heterocycles. The van der Waals surface area contributed by atoms with Gasteiger partial charge in [0.25, 0.3) is 10.0 Å². The molecule has 0 aliphatic rings. The lowest BCUT2D eigenvalue weighted by Gasteiger charge is -2.13. The summed E-state index contributed by atoms with van der Waals surface area (Å²) < 4.78 is 35.0. The first kappa shape index (κ1) is 18.7. The number of nitrogens with one attached hydrogen (secondary N) is 1. The van der Waals surface area contributed by atoms with E-state index in [0.717, 1.165) is 13.0 Å². The zero-order valence-electron chi connectivity index (χ0n) is 13.7. The normalized spacial score (nSPS) is 11.7. The highest BCUT2D eigenvalue weighted by Crippen LogP contribution is 2.27. The number of nitrogens with zero attached hydrogens (tertiary/aromatic N) is 4. The van der Waals surface area contributed by atoms with E-state index in [-0.39, 0.29) is 16.5 Å². The van der Waals surface area contributed by atoms with Gasteiger partial charge in [0.05, 0.1) is 12.8 Å². The predicted octanol–water partition coefficient (Wildman–Crippen LogP) is 1.71. The van der Waals surface area contributed by atoms with Gasteiger partial charge in [0.1, 0.15) is 10.6 Å². The van der Waals surface area contributed by atoms with Gasteiger partial charge in [-0.3, -0.25) is 9.40 Å². The van der Waals surface area contributed by atoms with Gasteiger partial charge < -0.3 is 9.64 Å². The molecule has 0 bridgehead atoms. The molecule has 132 valence electrons. The Balaban J connectivity index is 2.15. The van der Waals surface area contributed by atoms with Gasteiger partial charge in [0, 0.05) is 30.5 Å². The highest BCUT2D eigenvalue weighted by atomic mass is 79.9. The minimum absolute atomic E-state index is 0.0727. The van der Waals surface area contributed by atoms with E-state index in [2.05, 4.69) is 30.7 Å². The molecule has 0 amide bonds. The molecule has 0 atom stereocenters. The molecule has 24 heavy (non-hydrogen) atoms. The summed E-state index contributed by atoms with van der Waals surface area (Å²) in [7, 11) is 1.85. The molecule has 2 heterocycles. The molecule has 0 saturated heterocycles. The number of rotatable bonds is 8. The summed E-state index contributed by atoms with van der Waals surface area (Å²) in [5, 5.41) is 3.88. The molecule has 10 heteroatoms. The van der Waals surface area contributed by atoms with Crippen molar-refractivity contribution in [2.45, 2.75) is 11.3 Å². The molecule has 2 aromatic rings. The smallest absolute Gasteiger partial charge is 0.265 e. The van der Waals surface area contributed by atoms with E-state index in [0.29, 0.717) is 11.1 Å². The summed E-state index contributed by atoms with van der Waals surface area (Å²) in [4.78, 5) is 6.27. The van der Waals surface area contributed by atoms with E-state index in [4.69, 9.17) is 4.74 Å². The summed E-state index contributed by atoms with van der Waals surface area (Å²) >= 11 is 3.29. The molecule has 2 aromatic heterocycles. The number of aryl methyl sites for hydroxylation is 1. The number of ether oxygens (including phenoxy) is 1. The Labute approximate surface area is 150 Å². The van der Waals surface area contributed by atoms with Crippen molar-refractivity contribution in [3.8, 4) is 5.88 Å². The number of hydrogen-bond acceptors (Lipinski definition) is 6. The maximum atomic E-state index is 12.4. The standard InChI is InChI=1S/C14H20BrN5O3S/c1-19(2)5-4-6-23-14-13(7-11(15)8-16-14)18-24(21,22)12-9-17-20(3)10-12/h7-10,18H,4-6H2,1-3H3. The number of aromatic nitrogens is 3. The van der Waals surface area contributed by atoms with E-state index in [9.17, 15) is 8.42 Å². The van der Waals surface area contributed by atoms with Crippen molar-refractivity contribution in [2.75, 3.05) is 32.0 Å². The predicted molar refractivity (Wildman–Crippen MR) is 94.6 cm³/mol. The Morgan fingerprint density at radius 1 is 1.38 bits per heavy atom. The average molecular weight is 418 g/mol. The lowest BCUT2D eigenvalue weighted by Crippen LogP contribution is -2.17. The van der Waals surface area contributed by atoms with Gasteiger partial charge in [0.15, 0.2) is 0 Å². The Bertz CT molecular complexity index is 791. The molecule has 1 N–H and O–H groups in total. The van der Waals surface area contributed by atoms with Crippen LogP contribution in [0.3, 0.4) is 0 Å². The first-order chi connectivity index (χ1) is 11.3. The van der Waals surface area contributed by atoms with Crippen LogP contribution in [0.15, 0.2) is 34.0 Å². The van der Waals surface area contributed by atoms with Crippen LogP contribution < -0.4 is 9.46 Å². The van der Waals surface area contributed by atoms with Crippen molar-refractivity contribution in [1.29, 1.82) is 0 Å². The van der Waals surface area contributed by atoms with Crippen LogP contribution in [0.25, 0.3) is 0 Å². The lowest BCUT2D eigenvalue weighted by molar-refractivity contribution is 0.274. The highest BCUT2D eigenvalue weighted by Gasteiger charge is 2.19. The zero-order valence-corrected chi connectivity index (χ0v) is 16.1. The van der Waals surface area contributed by atoms with Crippen molar-refractivity contribution >= 4 is 31.6 Å². The van der Waals surface area contributed by atoms with Gasteiger partial charge in [-0.25, -0.2) is 13.4 Å². The van der Waals surface area contributed by atoms with Crippen molar-refractivity contribution in [2.24, 2.45) is 7.05 Å². The molecule has 0 aliphatic carbocycles. The van der Waals surface area contributed by atoms with Gasteiger partial charge in [-0.2, -0.15) is 5.10 Å². The molecular weight excluding hydrogens is 398 g/mol. The van der Waals surface area contributed by atoms with Crippen LogP contribution in [0.2, 0.25) is 0 Å². The van der Waals surface area contributed by atoms with Crippen molar-refractivity contribution in [3.05, 3.63) is 29.1 Å². The largest absolute Gasteiger partial charge is 0.476 e. The molecule has 0 fully saturated rings. The van der Waals surface area contributed by atoms with Crippen LogP contribution in [-0.4, -0.2) is 55.3 Å². The number of anilines is 1. The minimum atomic E-state index is -3.76. The average Bonchev–Trinajstić information content (AvgIpc) is 2.92. The number of sulfonamides is 1. The topological polar surface area (TPSA) is 89.3 Å². The molecule has 0 saturated carbocycles. The molecule has 8 nitrogen and oxygen atoms in total. The van der Waals surface area contributed by atoms with E-state index in [1.165, 1.54) is 17.1 Å². The Kier molecular flexibility index (Phi) is 6.19. The van der Waals surface area contributed by atoms with E-state index < -0.39 is 10.0 Å². The monoisotopic (exact) mass is 417 g/mol. The van der Waals surface area contributed by atoms with E-state index >= 15 is 0 Å². The van der Waals surface area contributed by atoms with Crippen LogP contribution in [0.1, 0.15) is 6.42 Å². The first-order valence-electron chi connectivity index (χ1n) is 7.22. The molecule has 0 aromatic carbocycles. The molecular formula is C14H20BrN5O3S. The van der Waals surface area contributed by atoms with Crippen LogP contribution >= 0.6 is 15.9 Å². The maximum absolute atomic E-state index is 12.4. The highest BCUT2D eigenvalue weighted by molar-refractivity contribution is 9.10. The summed E-state index contributed by atoms with van der Waals surface area (Å²) in [5.74, 6) is 0.240. The van der Waals surface area contributed by atoms with Gasteiger partial charge in [-0.05, 0) is 42.5 Å². The third kappa shape index (κ3) is 5.18. The summed E-state index contributed by atoms with van der Waals surface area (Å²) in [6.07, 6.45) is 5.07. The number of halogens is 1. The third-order valence-electron chi connectivity index (χ3n) is 3.04. The second kappa shape index (κ2) is 7.95. The van der Waals surface area contributed by atoms with Crippen molar-refractivity contribution in [3.63, 3.8) is 0 Å². The number of pyridine rings is 1. The van der Waals surface area contributed by atoms with Crippen molar-refractivity contribution in [1.82, 2.24) is 19.7 Å². The fraction of sp³-hybridized carbons (Fsp3) is 0.429. The quantitative estimate of drug-likeness (QED) is 0.657. The molecule has 0 spiro atoms. The zero-order chi connectivity index (χ0) is 17.7. The SMILES string of the molecule is CN(C)CCCOc1ncc(Br)cc1NS(=O)(=O)c1cnn(C)c1. The maximum Gasteiger partial charge on any atom is 0.265 e. The van der Waals surface area contributed by atoms with Gasteiger partial charge in [-0.15, -0.1) is 0 Å². The second-order valence-electron chi connectivity index (χ2n) is 5.47. The molecule has 2 rings (SSSR count).